The molecule has 7 nitrogen and oxygen atoms in total. The number of benzene rings is 1. The molecule has 1 aliphatic rings. The number of nitrogens with one attached hydrogen (secondary N) is 1. The van der Waals surface area contributed by atoms with Gasteiger partial charge in [-0.05, 0) is 12.1 Å². The van der Waals surface area contributed by atoms with Crippen molar-refractivity contribution in [2.45, 2.75) is 0 Å². The number of morpholine rings is 1. The fourth-order valence-electron chi connectivity index (χ4n) is 1.91. The van der Waals surface area contributed by atoms with Gasteiger partial charge in [0.2, 0.25) is 5.96 Å². The molecule has 0 atom stereocenters. The predicted octanol–water partition coefficient (Wildman–Crippen LogP) is -0.0516. The van der Waals surface area contributed by atoms with Gasteiger partial charge < -0.3 is 16.2 Å². The number of hydrazine groups is 1. The number of ether oxygens (including phenoxy) is 1. The monoisotopic (exact) mass is 262 g/mol. The maximum absolute atomic E-state index is 8.05. The molecule has 0 amide bonds. The lowest BCUT2D eigenvalue weighted by Crippen LogP contribution is -2.51. The SMILES string of the molecule is N=C(N=C(N)N)N(c1ccccc1)N1CCOCC1. The summed E-state index contributed by atoms with van der Waals surface area (Å²) in [5.41, 5.74) is 11.6. The molecule has 0 aromatic heterocycles. The van der Waals surface area contributed by atoms with E-state index in [1.54, 1.807) is 5.01 Å². The molecule has 0 aliphatic carbocycles. The molecule has 0 spiro atoms. The highest BCUT2D eigenvalue weighted by Crippen LogP contribution is 2.17. The molecule has 1 saturated heterocycles. The molecule has 7 heteroatoms. The van der Waals surface area contributed by atoms with Crippen LogP contribution in [0.15, 0.2) is 35.3 Å². The van der Waals surface area contributed by atoms with E-state index in [-0.39, 0.29) is 11.9 Å². The molecule has 1 aromatic carbocycles. The van der Waals surface area contributed by atoms with Crippen molar-refractivity contribution in [3.8, 4) is 0 Å². The number of guanidine groups is 2. The molecule has 102 valence electrons. The van der Waals surface area contributed by atoms with Crippen molar-refractivity contribution < 1.29 is 4.74 Å². The summed E-state index contributed by atoms with van der Waals surface area (Å²) in [7, 11) is 0. The topological polar surface area (TPSA) is 104 Å². The van der Waals surface area contributed by atoms with E-state index in [0.717, 1.165) is 5.69 Å². The first-order valence-electron chi connectivity index (χ1n) is 6.04. The quantitative estimate of drug-likeness (QED) is 0.512. The molecule has 1 aromatic rings. The maximum atomic E-state index is 8.05. The summed E-state index contributed by atoms with van der Waals surface area (Å²) in [6, 6.07) is 9.56. The van der Waals surface area contributed by atoms with Crippen LogP contribution >= 0.6 is 0 Å². The van der Waals surface area contributed by atoms with E-state index in [0.29, 0.717) is 26.3 Å². The minimum absolute atomic E-state index is 0.00639. The van der Waals surface area contributed by atoms with Gasteiger partial charge in [0.1, 0.15) is 0 Å². The second kappa shape index (κ2) is 6.17. The summed E-state index contributed by atoms with van der Waals surface area (Å²) < 4.78 is 5.32. The second-order valence-electron chi connectivity index (χ2n) is 4.07. The first kappa shape index (κ1) is 13.3. The summed E-state index contributed by atoms with van der Waals surface area (Å²) in [5.74, 6) is -0.132. The number of rotatable bonds is 2. The van der Waals surface area contributed by atoms with Crippen LogP contribution in [-0.2, 0) is 4.74 Å². The maximum Gasteiger partial charge on any atom is 0.240 e. The highest BCUT2D eigenvalue weighted by molar-refractivity contribution is 6.00. The summed E-state index contributed by atoms with van der Waals surface area (Å²) in [6.07, 6.45) is 0. The van der Waals surface area contributed by atoms with Crippen molar-refractivity contribution in [1.82, 2.24) is 5.01 Å². The van der Waals surface area contributed by atoms with E-state index in [1.165, 1.54) is 0 Å². The zero-order valence-corrected chi connectivity index (χ0v) is 10.6. The lowest BCUT2D eigenvalue weighted by atomic mass is 10.3. The Hall–Kier alpha value is -2.12. The van der Waals surface area contributed by atoms with Gasteiger partial charge in [0, 0.05) is 13.1 Å². The van der Waals surface area contributed by atoms with Crippen LogP contribution in [0.5, 0.6) is 0 Å². The Morgan fingerprint density at radius 2 is 1.84 bits per heavy atom. The molecule has 1 heterocycles. The van der Waals surface area contributed by atoms with Crippen molar-refractivity contribution in [3.63, 3.8) is 0 Å². The number of anilines is 1. The fourth-order valence-corrected chi connectivity index (χ4v) is 1.91. The van der Waals surface area contributed by atoms with Crippen LogP contribution in [0.3, 0.4) is 0 Å². The van der Waals surface area contributed by atoms with Crippen molar-refractivity contribution in [3.05, 3.63) is 30.3 Å². The molecule has 1 aliphatic heterocycles. The molecular weight excluding hydrogens is 244 g/mol. The van der Waals surface area contributed by atoms with E-state index in [2.05, 4.69) is 4.99 Å². The van der Waals surface area contributed by atoms with Gasteiger partial charge in [-0.15, -0.1) is 0 Å². The van der Waals surface area contributed by atoms with Gasteiger partial charge in [-0.2, -0.15) is 4.99 Å². The third-order valence-corrected chi connectivity index (χ3v) is 2.71. The Bertz CT molecular complexity index is 451. The number of para-hydroxylation sites is 1. The number of nitrogens with two attached hydrogens (primary N) is 2. The average molecular weight is 262 g/mol. The first-order valence-corrected chi connectivity index (χ1v) is 6.04. The summed E-state index contributed by atoms with van der Waals surface area (Å²) >= 11 is 0. The normalized spacial score (nSPS) is 15.8. The molecule has 0 saturated carbocycles. The number of hydrogen-bond acceptors (Lipinski definition) is 3. The van der Waals surface area contributed by atoms with Crippen LogP contribution in [0, 0.1) is 5.41 Å². The van der Waals surface area contributed by atoms with Crippen LogP contribution in [0.1, 0.15) is 0 Å². The standard InChI is InChI=1S/C12H18N6O/c13-11(14)16-12(15)18(10-4-2-1-3-5-10)17-6-8-19-9-7-17/h1-5H,6-9H2,(H5,13,14,15,16). The van der Waals surface area contributed by atoms with E-state index >= 15 is 0 Å². The minimum atomic E-state index is -0.126. The largest absolute Gasteiger partial charge is 0.379 e. The Labute approximate surface area is 111 Å². The van der Waals surface area contributed by atoms with Crippen LogP contribution < -0.4 is 16.5 Å². The summed E-state index contributed by atoms with van der Waals surface area (Å²) in [5, 5.41) is 11.7. The van der Waals surface area contributed by atoms with Crippen molar-refractivity contribution in [2.75, 3.05) is 31.3 Å². The van der Waals surface area contributed by atoms with Gasteiger partial charge in [-0.1, -0.05) is 18.2 Å². The van der Waals surface area contributed by atoms with Crippen LogP contribution in [0.2, 0.25) is 0 Å². The number of aliphatic imine (C=N–C) groups is 1. The van der Waals surface area contributed by atoms with Gasteiger partial charge in [-0.25, -0.2) is 10.0 Å². The third-order valence-electron chi connectivity index (χ3n) is 2.71. The highest BCUT2D eigenvalue weighted by Gasteiger charge is 2.22. The fraction of sp³-hybridized carbons (Fsp3) is 0.333. The minimum Gasteiger partial charge on any atom is -0.379 e. The van der Waals surface area contributed by atoms with Crippen molar-refractivity contribution in [1.29, 1.82) is 5.41 Å². The zero-order valence-electron chi connectivity index (χ0n) is 10.6. The van der Waals surface area contributed by atoms with E-state index in [4.69, 9.17) is 21.6 Å². The molecule has 5 N–H and O–H groups in total. The van der Waals surface area contributed by atoms with Gasteiger partial charge in [-0.3, -0.25) is 5.41 Å². The molecule has 19 heavy (non-hydrogen) atoms. The van der Waals surface area contributed by atoms with Crippen molar-refractivity contribution >= 4 is 17.6 Å². The Morgan fingerprint density at radius 1 is 1.21 bits per heavy atom. The van der Waals surface area contributed by atoms with Crippen LogP contribution in [-0.4, -0.2) is 43.2 Å². The van der Waals surface area contributed by atoms with Gasteiger partial charge >= 0.3 is 0 Å². The Kier molecular flexibility index (Phi) is 4.32. The van der Waals surface area contributed by atoms with E-state index < -0.39 is 0 Å². The molecule has 0 bridgehead atoms. The molecule has 2 rings (SSSR count). The van der Waals surface area contributed by atoms with Gasteiger partial charge in [0.05, 0.1) is 18.9 Å². The average Bonchev–Trinajstić information content (AvgIpc) is 2.40. The van der Waals surface area contributed by atoms with Gasteiger partial charge in [0.25, 0.3) is 0 Å². The second-order valence-corrected chi connectivity index (χ2v) is 4.07. The summed E-state index contributed by atoms with van der Waals surface area (Å²) in [6.45, 7) is 2.63. The van der Waals surface area contributed by atoms with Crippen LogP contribution in [0.25, 0.3) is 0 Å². The molecular formula is C12H18N6O. The molecule has 1 fully saturated rings. The van der Waals surface area contributed by atoms with Gasteiger partial charge in [0.15, 0.2) is 5.96 Å². The predicted molar refractivity (Wildman–Crippen MR) is 74.8 cm³/mol. The van der Waals surface area contributed by atoms with Crippen LogP contribution in [0.4, 0.5) is 5.69 Å². The Morgan fingerprint density at radius 3 is 2.42 bits per heavy atom. The third kappa shape index (κ3) is 3.43. The van der Waals surface area contributed by atoms with E-state index in [1.807, 2.05) is 35.3 Å². The smallest absolute Gasteiger partial charge is 0.240 e. The lowest BCUT2D eigenvalue weighted by Gasteiger charge is -2.37. The highest BCUT2D eigenvalue weighted by atomic mass is 16.5. The molecule has 0 radical (unpaired) electrons. The molecule has 0 unspecified atom stereocenters. The number of nitrogens with zero attached hydrogens (tertiary/aromatic N) is 3. The summed E-state index contributed by atoms with van der Waals surface area (Å²) in [4.78, 5) is 3.83. The van der Waals surface area contributed by atoms with E-state index in [9.17, 15) is 0 Å². The Balaban J connectivity index is 2.27. The zero-order chi connectivity index (χ0) is 13.7. The first-order chi connectivity index (χ1) is 9.18. The van der Waals surface area contributed by atoms with Crippen molar-refractivity contribution in [2.24, 2.45) is 16.5 Å². The number of hydrogen-bond donors (Lipinski definition) is 3. The lowest BCUT2D eigenvalue weighted by molar-refractivity contribution is 0.0392.